The predicted molar refractivity (Wildman–Crippen MR) is 125 cm³/mol. The van der Waals surface area contributed by atoms with Gasteiger partial charge in [-0.05, 0) is 63.8 Å². The van der Waals surface area contributed by atoms with Crippen LogP contribution in [0.2, 0.25) is 5.02 Å². The Hall–Kier alpha value is -2.91. The number of rotatable bonds is 9. The maximum Gasteiger partial charge on any atom is 0.343 e. The van der Waals surface area contributed by atoms with E-state index in [2.05, 4.69) is 36.5 Å². The van der Waals surface area contributed by atoms with Crippen LogP contribution in [0, 0.1) is 5.92 Å². The fraction of sp³-hybridized carbons (Fsp3) is 0.273. The Bertz CT molecular complexity index is 1010. The van der Waals surface area contributed by atoms with Crippen molar-refractivity contribution in [2.75, 3.05) is 13.7 Å². The Morgan fingerprint density at radius 2 is 1.94 bits per heavy atom. The first kappa shape index (κ1) is 25.4. The average Bonchev–Trinajstić information content (AvgIpc) is 2.76. The SMILES string of the molecule is COC(=O)COc1ccc(C=NNC(=O)C(NC(=O)c2cccc(Cl)c2)C(C)C)cc1Br. The molecule has 0 spiro atoms. The van der Waals surface area contributed by atoms with Crippen LogP contribution in [0.3, 0.4) is 0 Å². The first-order chi connectivity index (χ1) is 15.2. The van der Waals surface area contributed by atoms with Crippen LogP contribution in [0.1, 0.15) is 29.8 Å². The fourth-order valence-electron chi connectivity index (χ4n) is 2.54. The van der Waals surface area contributed by atoms with Crippen molar-refractivity contribution in [2.45, 2.75) is 19.9 Å². The van der Waals surface area contributed by atoms with E-state index in [0.29, 0.717) is 26.4 Å². The molecular weight excluding hydrogens is 502 g/mol. The van der Waals surface area contributed by atoms with Gasteiger partial charge in [0.1, 0.15) is 11.8 Å². The summed E-state index contributed by atoms with van der Waals surface area (Å²) in [5.41, 5.74) is 3.48. The number of ether oxygens (including phenoxy) is 2. The van der Waals surface area contributed by atoms with Crippen molar-refractivity contribution < 1.29 is 23.9 Å². The van der Waals surface area contributed by atoms with Crippen molar-refractivity contribution in [1.82, 2.24) is 10.7 Å². The monoisotopic (exact) mass is 523 g/mol. The van der Waals surface area contributed by atoms with E-state index in [0.717, 1.165) is 0 Å². The van der Waals surface area contributed by atoms with Gasteiger partial charge in [0.25, 0.3) is 11.8 Å². The molecule has 2 aromatic carbocycles. The molecule has 170 valence electrons. The van der Waals surface area contributed by atoms with E-state index in [1.165, 1.54) is 19.4 Å². The van der Waals surface area contributed by atoms with Gasteiger partial charge < -0.3 is 14.8 Å². The lowest BCUT2D eigenvalue weighted by Crippen LogP contribution is -2.48. The number of carbonyl (C=O) groups excluding carboxylic acids is 3. The lowest BCUT2D eigenvalue weighted by atomic mass is 10.0. The van der Waals surface area contributed by atoms with Gasteiger partial charge in [0, 0.05) is 10.6 Å². The van der Waals surface area contributed by atoms with Crippen LogP contribution in [0.4, 0.5) is 0 Å². The molecule has 1 unspecified atom stereocenters. The van der Waals surface area contributed by atoms with Crippen molar-refractivity contribution in [1.29, 1.82) is 0 Å². The van der Waals surface area contributed by atoms with E-state index < -0.39 is 23.8 Å². The van der Waals surface area contributed by atoms with Gasteiger partial charge in [0.15, 0.2) is 6.61 Å². The number of benzene rings is 2. The number of nitrogens with zero attached hydrogens (tertiary/aromatic N) is 1. The molecule has 8 nitrogen and oxygen atoms in total. The maximum absolute atomic E-state index is 12.6. The molecule has 0 heterocycles. The Morgan fingerprint density at radius 1 is 1.19 bits per heavy atom. The summed E-state index contributed by atoms with van der Waals surface area (Å²) in [4.78, 5) is 36.2. The normalized spacial score (nSPS) is 11.8. The third-order valence-electron chi connectivity index (χ3n) is 4.24. The average molecular weight is 525 g/mol. The second-order valence-corrected chi connectivity index (χ2v) is 8.29. The van der Waals surface area contributed by atoms with Gasteiger partial charge in [0.2, 0.25) is 0 Å². The summed E-state index contributed by atoms with van der Waals surface area (Å²) < 4.78 is 10.5. The highest BCUT2D eigenvalue weighted by molar-refractivity contribution is 9.10. The molecule has 10 heteroatoms. The molecule has 0 bridgehead atoms. The number of amides is 2. The van der Waals surface area contributed by atoms with Crippen molar-refractivity contribution in [2.24, 2.45) is 11.0 Å². The summed E-state index contributed by atoms with van der Waals surface area (Å²) in [6, 6.07) is 10.7. The largest absolute Gasteiger partial charge is 0.481 e. The highest BCUT2D eigenvalue weighted by atomic mass is 79.9. The van der Waals surface area contributed by atoms with Crippen molar-refractivity contribution in [3.63, 3.8) is 0 Å². The standard InChI is InChI=1S/C22H23BrClN3O5/c1-13(2)20(26-21(29)15-5-4-6-16(24)10-15)22(30)27-25-11-14-7-8-18(17(23)9-14)32-12-19(28)31-3/h4-11,13,20H,12H2,1-3H3,(H,26,29)(H,27,30). The quantitative estimate of drug-likeness (QED) is 0.296. The number of carbonyl (C=O) groups is 3. The van der Waals surface area contributed by atoms with Gasteiger partial charge in [0.05, 0.1) is 17.8 Å². The first-order valence-corrected chi connectivity index (χ1v) is 10.8. The summed E-state index contributed by atoms with van der Waals surface area (Å²) in [6.45, 7) is 3.42. The molecule has 2 aromatic rings. The number of hydrogen-bond donors (Lipinski definition) is 2. The molecular formula is C22H23BrClN3O5. The summed E-state index contributed by atoms with van der Waals surface area (Å²) in [7, 11) is 1.28. The minimum Gasteiger partial charge on any atom is -0.481 e. The summed E-state index contributed by atoms with van der Waals surface area (Å²) in [5.74, 6) is -1.07. The fourth-order valence-corrected chi connectivity index (χ4v) is 3.24. The predicted octanol–water partition coefficient (Wildman–Crippen LogP) is 3.56. The van der Waals surface area contributed by atoms with Gasteiger partial charge >= 0.3 is 5.97 Å². The van der Waals surface area contributed by atoms with Gasteiger partial charge in [-0.15, -0.1) is 0 Å². The molecule has 0 saturated heterocycles. The van der Waals surface area contributed by atoms with Crippen molar-refractivity contribution in [3.8, 4) is 5.75 Å². The molecule has 0 fully saturated rings. The lowest BCUT2D eigenvalue weighted by molar-refractivity contribution is -0.142. The molecule has 2 amide bonds. The molecule has 0 aliphatic heterocycles. The molecule has 0 aliphatic rings. The van der Waals surface area contributed by atoms with Gasteiger partial charge in [-0.25, -0.2) is 10.2 Å². The van der Waals surface area contributed by atoms with Crippen LogP contribution >= 0.6 is 27.5 Å². The Balaban J connectivity index is 1.98. The van der Waals surface area contributed by atoms with Crippen LogP contribution in [-0.4, -0.2) is 43.8 Å². The number of esters is 1. The number of hydrogen-bond acceptors (Lipinski definition) is 6. The van der Waals surface area contributed by atoms with E-state index >= 15 is 0 Å². The number of halogens is 2. The summed E-state index contributed by atoms with van der Waals surface area (Å²) in [5, 5.41) is 7.10. The smallest absolute Gasteiger partial charge is 0.343 e. The molecule has 0 radical (unpaired) electrons. The van der Waals surface area contributed by atoms with Crippen molar-refractivity contribution in [3.05, 3.63) is 63.1 Å². The van der Waals surface area contributed by atoms with Crippen LogP contribution in [-0.2, 0) is 14.3 Å². The Labute approximate surface area is 199 Å². The van der Waals surface area contributed by atoms with Gasteiger partial charge in [-0.3, -0.25) is 9.59 Å². The van der Waals surface area contributed by atoms with E-state index in [1.54, 1.807) is 36.4 Å². The molecule has 0 saturated carbocycles. The second-order valence-electron chi connectivity index (χ2n) is 6.99. The van der Waals surface area contributed by atoms with Crippen LogP contribution in [0.25, 0.3) is 0 Å². The van der Waals surface area contributed by atoms with E-state index in [4.69, 9.17) is 16.3 Å². The highest BCUT2D eigenvalue weighted by Gasteiger charge is 2.24. The minimum absolute atomic E-state index is 0.172. The lowest BCUT2D eigenvalue weighted by Gasteiger charge is -2.20. The highest BCUT2D eigenvalue weighted by Crippen LogP contribution is 2.25. The number of methoxy groups -OCH3 is 1. The zero-order valence-corrected chi connectivity index (χ0v) is 20.1. The van der Waals surface area contributed by atoms with E-state index in [9.17, 15) is 14.4 Å². The molecule has 0 aliphatic carbocycles. The van der Waals surface area contributed by atoms with Crippen LogP contribution in [0.5, 0.6) is 5.75 Å². The molecule has 32 heavy (non-hydrogen) atoms. The number of hydrazone groups is 1. The Morgan fingerprint density at radius 3 is 2.56 bits per heavy atom. The van der Waals surface area contributed by atoms with Gasteiger partial charge in [-0.1, -0.05) is 31.5 Å². The topological polar surface area (TPSA) is 106 Å². The second kappa shape index (κ2) is 12.2. The van der Waals surface area contributed by atoms with Crippen LogP contribution < -0.4 is 15.5 Å². The zero-order chi connectivity index (χ0) is 23.7. The maximum atomic E-state index is 12.6. The molecule has 2 N–H and O–H groups in total. The molecule has 1 atom stereocenters. The third kappa shape index (κ3) is 7.65. The van der Waals surface area contributed by atoms with Crippen LogP contribution in [0.15, 0.2) is 52.0 Å². The number of nitrogens with one attached hydrogen (secondary N) is 2. The van der Waals surface area contributed by atoms with E-state index in [-0.39, 0.29) is 12.5 Å². The molecule has 0 aromatic heterocycles. The minimum atomic E-state index is -0.792. The first-order valence-electron chi connectivity index (χ1n) is 9.59. The zero-order valence-electron chi connectivity index (χ0n) is 17.7. The Kier molecular flexibility index (Phi) is 9.67. The summed E-state index contributed by atoms with van der Waals surface area (Å²) >= 11 is 9.28. The van der Waals surface area contributed by atoms with E-state index in [1.807, 2.05) is 13.8 Å². The third-order valence-corrected chi connectivity index (χ3v) is 5.09. The molecule has 2 rings (SSSR count). The van der Waals surface area contributed by atoms with Crippen molar-refractivity contribution >= 4 is 51.5 Å². The van der Waals surface area contributed by atoms with Gasteiger partial charge in [-0.2, -0.15) is 5.10 Å². The summed E-state index contributed by atoms with van der Waals surface area (Å²) in [6.07, 6.45) is 1.45.